The van der Waals surface area contributed by atoms with E-state index in [-0.39, 0.29) is 18.8 Å². The summed E-state index contributed by atoms with van der Waals surface area (Å²) in [5.74, 6) is -0.213. The summed E-state index contributed by atoms with van der Waals surface area (Å²) >= 11 is 0. The highest BCUT2D eigenvalue weighted by Gasteiger charge is 2.14. The van der Waals surface area contributed by atoms with Crippen molar-refractivity contribution in [3.05, 3.63) is 0 Å². The van der Waals surface area contributed by atoms with Crippen LogP contribution in [0.25, 0.3) is 0 Å². The van der Waals surface area contributed by atoms with Gasteiger partial charge in [0.2, 0.25) is 0 Å². The molecule has 3 nitrogen and oxygen atoms in total. The van der Waals surface area contributed by atoms with E-state index >= 15 is 0 Å². The van der Waals surface area contributed by atoms with Gasteiger partial charge in [0.05, 0.1) is 0 Å². The molecule has 0 bridgehead atoms. The van der Waals surface area contributed by atoms with Gasteiger partial charge in [0, 0.05) is 19.6 Å². The molecule has 1 aliphatic rings. The zero-order valence-corrected chi connectivity index (χ0v) is 7.81. The quantitative estimate of drug-likeness (QED) is 0.744. The Hall–Kier alpha value is -0.280. The molecule has 0 amide bonds. The van der Waals surface area contributed by atoms with Crippen LogP contribution in [0.5, 0.6) is 0 Å². The molecule has 0 spiro atoms. The van der Waals surface area contributed by atoms with Gasteiger partial charge in [0.25, 0.3) is 0 Å². The molecule has 1 aliphatic heterocycles. The Kier molecular flexibility index (Phi) is 6.11. The Morgan fingerprint density at radius 2 is 2.33 bits per heavy atom. The summed E-state index contributed by atoms with van der Waals surface area (Å²) in [4.78, 5) is 10.2. The number of halogens is 1. The van der Waals surface area contributed by atoms with Crippen molar-refractivity contribution >= 4 is 18.4 Å². The fourth-order valence-electron chi connectivity index (χ4n) is 1.36. The molecule has 72 valence electrons. The number of hydrogen-bond acceptors (Lipinski definition) is 2. The molecule has 1 N–H and O–H groups in total. The third-order valence-electron chi connectivity index (χ3n) is 2.02. The number of carboxylic acids is 1. The summed E-state index contributed by atoms with van der Waals surface area (Å²) < 4.78 is 5.22. The normalized spacial score (nSPS) is 22.8. The average molecular weight is 195 g/mol. The summed E-state index contributed by atoms with van der Waals surface area (Å²) in [6.45, 7) is 1.61. The van der Waals surface area contributed by atoms with Gasteiger partial charge in [-0.15, -0.1) is 12.4 Å². The number of rotatable bonds is 3. The zero-order valence-electron chi connectivity index (χ0n) is 6.99. The van der Waals surface area contributed by atoms with E-state index in [1.165, 1.54) is 0 Å². The van der Waals surface area contributed by atoms with Crippen LogP contribution >= 0.6 is 12.4 Å². The van der Waals surface area contributed by atoms with E-state index < -0.39 is 5.97 Å². The maximum absolute atomic E-state index is 10.2. The molecule has 1 rings (SSSR count). The number of carbonyl (C=O) groups is 1. The molecule has 0 aliphatic carbocycles. The molecule has 4 heteroatoms. The van der Waals surface area contributed by atoms with Crippen molar-refractivity contribution < 1.29 is 14.6 Å². The molecule has 0 unspecified atom stereocenters. The maximum Gasteiger partial charge on any atom is 0.303 e. The van der Waals surface area contributed by atoms with Gasteiger partial charge >= 0.3 is 5.97 Å². The summed E-state index contributed by atoms with van der Waals surface area (Å²) in [5.41, 5.74) is 0. The molecule has 0 aromatic heterocycles. The summed E-state index contributed by atoms with van der Waals surface area (Å²) in [6, 6.07) is 0. The van der Waals surface area contributed by atoms with Crippen LogP contribution in [0.1, 0.15) is 25.7 Å². The van der Waals surface area contributed by atoms with Gasteiger partial charge in [0.1, 0.15) is 0 Å². The second-order valence-corrected chi connectivity index (χ2v) is 3.02. The molecule has 1 saturated heterocycles. The molecule has 1 atom stereocenters. The predicted octanol–water partition coefficient (Wildman–Crippen LogP) is 1.70. The highest BCUT2D eigenvalue weighted by Crippen LogP contribution is 2.18. The molecule has 0 aromatic rings. The third kappa shape index (κ3) is 4.57. The van der Waals surface area contributed by atoms with Gasteiger partial charge in [-0.1, -0.05) is 0 Å². The lowest BCUT2D eigenvalue weighted by molar-refractivity contribution is -0.137. The molecule has 0 radical (unpaired) electrons. The van der Waals surface area contributed by atoms with Crippen LogP contribution < -0.4 is 0 Å². The van der Waals surface area contributed by atoms with E-state index in [0.29, 0.717) is 5.92 Å². The molecule has 1 heterocycles. The molecule has 0 saturated carbocycles. The molecule has 0 aromatic carbocycles. The third-order valence-corrected chi connectivity index (χ3v) is 2.02. The van der Waals surface area contributed by atoms with E-state index in [1.807, 2.05) is 0 Å². The Bertz CT molecular complexity index is 132. The average Bonchev–Trinajstić information content (AvgIpc) is 2.03. The van der Waals surface area contributed by atoms with Crippen LogP contribution in [-0.2, 0) is 9.53 Å². The summed E-state index contributed by atoms with van der Waals surface area (Å²) in [5, 5.41) is 8.40. The van der Waals surface area contributed by atoms with Crippen LogP contribution in [0.15, 0.2) is 0 Å². The van der Waals surface area contributed by atoms with Crippen molar-refractivity contribution in [2.45, 2.75) is 25.7 Å². The van der Waals surface area contributed by atoms with Crippen LogP contribution in [0.2, 0.25) is 0 Å². The number of aliphatic carboxylic acids is 1. The van der Waals surface area contributed by atoms with E-state index in [0.717, 1.165) is 32.5 Å². The number of carboxylic acid groups (broad SMARTS) is 1. The van der Waals surface area contributed by atoms with E-state index in [9.17, 15) is 4.79 Å². The van der Waals surface area contributed by atoms with Gasteiger partial charge in [-0.3, -0.25) is 4.79 Å². The van der Waals surface area contributed by atoms with Crippen molar-refractivity contribution in [2.75, 3.05) is 13.2 Å². The van der Waals surface area contributed by atoms with Crippen molar-refractivity contribution in [2.24, 2.45) is 5.92 Å². The first-order chi connectivity index (χ1) is 5.29. The molecular weight excluding hydrogens is 180 g/mol. The van der Waals surface area contributed by atoms with Gasteiger partial charge in [-0.05, 0) is 25.2 Å². The predicted molar refractivity (Wildman–Crippen MR) is 47.7 cm³/mol. The Balaban J connectivity index is 0.00000121. The highest BCUT2D eigenvalue weighted by atomic mass is 35.5. The minimum absolute atomic E-state index is 0. The topological polar surface area (TPSA) is 46.5 Å². The minimum Gasteiger partial charge on any atom is -0.481 e. The Morgan fingerprint density at radius 1 is 1.58 bits per heavy atom. The van der Waals surface area contributed by atoms with Crippen LogP contribution in [0.4, 0.5) is 0 Å². The monoisotopic (exact) mass is 194 g/mol. The molecular formula is C8H15ClO3. The van der Waals surface area contributed by atoms with Gasteiger partial charge in [-0.2, -0.15) is 0 Å². The van der Waals surface area contributed by atoms with Gasteiger partial charge in [-0.25, -0.2) is 0 Å². The minimum atomic E-state index is -0.699. The van der Waals surface area contributed by atoms with E-state index in [1.54, 1.807) is 0 Å². The van der Waals surface area contributed by atoms with Crippen LogP contribution in [0, 0.1) is 5.92 Å². The summed E-state index contributed by atoms with van der Waals surface area (Å²) in [6.07, 6.45) is 3.28. The largest absolute Gasteiger partial charge is 0.481 e. The lowest BCUT2D eigenvalue weighted by Gasteiger charge is -2.20. The van der Waals surface area contributed by atoms with Crippen molar-refractivity contribution in [1.82, 2.24) is 0 Å². The first-order valence-corrected chi connectivity index (χ1v) is 4.08. The zero-order chi connectivity index (χ0) is 8.10. The van der Waals surface area contributed by atoms with Gasteiger partial charge in [0.15, 0.2) is 0 Å². The lowest BCUT2D eigenvalue weighted by Crippen LogP contribution is -2.18. The number of hydrogen-bond donors (Lipinski definition) is 1. The fraction of sp³-hybridized carbons (Fsp3) is 0.875. The highest BCUT2D eigenvalue weighted by molar-refractivity contribution is 5.85. The lowest BCUT2D eigenvalue weighted by atomic mass is 9.97. The standard InChI is InChI=1S/C8H14O3.ClH/c9-8(10)4-3-7-2-1-5-11-6-7;/h7H,1-6H2,(H,9,10);1H/t7-;/m1./s1. The van der Waals surface area contributed by atoms with Crippen molar-refractivity contribution in [1.29, 1.82) is 0 Å². The van der Waals surface area contributed by atoms with Gasteiger partial charge < -0.3 is 9.84 Å². The van der Waals surface area contributed by atoms with Crippen molar-refractivity contribution in [3.63, 3.8) is 0 Å². The first kappa shape index (κ1) is 11.7. The van der Waals surface area contributed by atoms with Crippen molar-refractivity contribution in [3.8, 4) is 0 Å². The maximum atomic E-state index is 10.2. The van der Waals surface area contributed by atoms with E-state index in [2.05, 4.69) is 0 Å². The second kappa shape index (κ2) is 6.26. The van der Waals surface area contributed by atoms with E-state index in [4.69, 9.17) is 9.84 Å². The second-order valence-electron chi connectivity index (χ2n) is 3.02. The van der Waals surface area contributed by atoms with Crippen LogP contribution in [-0.4, -0.2) is 24.3 Å². The number of ether oxygens (including phenoxy) is 1. The SMILES string of the molecule is Cl.O=C(O)CC[C@H]1CCCOC1. The Morgan fingerprint density at radius 3 is 2.83 bits per heavy atom. The molecule has 12 heavy (non-hydrogen) atoms. The summed E-state index contributed by atoms with van der Waals surface area (Å²) in [7, 11) is 0. The fourth-order valence-corrected chi connectivity index (χ4v) is 1.36. The van der Waals surface area contributed by atoms with Crippen LogP contribution in [0.3, 0.4) is 0 Å². The Labute approximate surface area is 78.5 Å². The smallest absolute Gasteiger partial charge is 0.303 e. The first-order valence-electron chi connectivity index (χ1n) is 4.08. The molecule has 1 fully saturated rings.